The molecular weight excluding hydrogens is 241 g/mol. The molecule has 1 atom stereocenters. The van der Waals surface area contributed by atoms with Gasteiger partial charge in [0.05, 0.1) is 5.25 Å². The summed E-state index contributed by atoms with van der Waals surface area (Å²) in [5, 5.41) is 2.97. The van der Waals surface area contributed by atoms with Crippen LogP contribution in [0.5, 0.6) is 0 Å². The van der Waals surface area contributed by atoms with E-state index in [-0.39, 0.29) is 35.3 Å². The third-order valence-corrected chi connectivity index (χ3v) is 3.31. The quantitative estimate of drug-likeness (QED) is 0.474. The molecule has 0 spiro atoms. The first kappa shape index (κ1) is 13.7. The maximum Gasteiger partial charge on any atom is 1.00 e. The van der Waals surface area contributed by atoms with Crippen LogP contribution in [-0.2, 0) is 10.1 Å². The molecule has 0 saturated carbocycles. The monoisotopic (exact) mass is 249 g/mol. The van der Waals surface area contributed by atoms with E-state index in [2.05, 4.69) is 5.16 Å². The fraction of sp³-hybridized carbons (Fsp3) is 0.222. The Morgan fingerprint density at radius 3 is 2.62 bits per heavy atom. The number of fused-ring (bicyclic) bond motifs is 1. The van der Waals surface area contributed by atoms with E-state index in [0.717, 1.165) is 0 Å². The van der Waals surface area contributed by atoms with Gasteiger partial charge in [-0.15, -0.1) is 0 Å². The van der Waals surface area contributed by atoms with Gasteiger partial charge in [-0.05, 0) is 19.1 Å². The summed E-state index contributed by atoms with van der Waals surface area (Å²) in [7, 11) is -4.39. The van der Waals surface area contributed by atoms with E-state index in [0.29, 0.717) is 11.0 Å². The zero-order chi connectivity index (χ0) is 11.1. The number of para-hydroxylation sites is 1. The summed E-state index contributed by atoms with van der Waals surface area (Å²) < 4.78 is 37.4. The Hall–Kier alpha value is -0.400. The SMILES string of the molecule is CC(c1noc2ccccc12)S(=O)(=O)[O-].[Na+]. The van der Waals surface area contributed by atoms with Gasteiger partial charge >= 0.3 is 29.6 Å². The van der Waals surface area contributed by atoms with Gasteiger partial charge in [0.1, 0.15) is 15.8 Å². The Kier molecular flexibility index (Phi) is 4.14. The maximum absolute atomic E-state index is 10.8. The minimum absolute atomic E-state index is 0. The summed E-state index contributed by atoms with van der Waals surface area (Å²) in [5.41, 5.74) is 0.642. The molecule has 80 valence electrons. The standard InChI is InChI=1S/C9H9NO4S.Na/c1-6(15(11,12)13)9-7-4-2-3-5-8(7)14-10-9;/h2-6H,1H3,(H,11,12,13);/q;+1/p-1. The zero-order valence-electron chi connectivity index (χ0n) is 8.88. The second-order valence-corrected chi connectivity index (χ2v) is 4.89. The van der Waals surface area contributed by atoms with Crippen LogP contribution in [0.25, 0.3) is 11.0 Å². The summed E-state index contributed by atoms with van der Waals surface area (Å²) in [6.07, 6.45) is 0. The Morgan fingerprint density at radius 1 is 1.38 bits per heavy atom. The first-order valence-corrected chi connectivity index (χ1v) is 5.76. The molecular formula is C9H8NNaO4S. The molecule has 0 radical (unpaired) electrons. The third-order valence-electron chi connectivity index (χ3n) is 2.22. The molecule has 0 amide bonds. The van der Waals surface area contributed by atoms with Gasteiger partial charge in [0.25, 0.3) is 0 Å². The van der Waals surface area contributed by atoms with Gasteiger partial charge in [-0.3, -0.25) is 0 Å². The van der Waals surface area contributed by atoms with Crippen molar-refractivity contribution in [1.29, 1.82) is 0 Å². The molecule has 16 heavy (non-hydrogen) atoms. The Bertz CT molecular complexity index is 592. The maximum atomic E-state index is 10.8. The first-order valence-electron chi connectivity index (χ1n) is 4.29. The van der Waals surface area contributed by atoms with Crippen molar-refractivity contribution < 1.29 is 47.1 Å². The largest absolute Gasteiger partial charge is 1.00 e. The average molecular weight is 249 g/mol. The van der Waals surface area contributed by atoms with Crippen LogP contribution in [0.2, 0.25) is 0 Å². The van der Waals surface area contributed by atoms with Crippen molar-refractivity contribution >= 4 is 21.1 Å². The van der Waals surface area contributed by atoms with E-state index in [9.17, 15) is 13.0 Å². The summed E-state index contributed by atoms with van der Waals surface area (Å²) >= 11 is 0. The van der Waals surface area contributed by atoms with Gasteiger partial charge in [-0.25, -0.2) is 8.42 Å². The van der Waals surface area contributed by atoms with Crippen LogP contribution in [0.4, 0.5) is 0 Å². The van der Waals surface area contributed by atoms with Crippen LogP contribution in [0.3, 0.4) is 0 Å². The molecule has 0 aliphatic carbocycles. The Balaban J connectivity index is 0.00000128. The molecule has 0 N–H and O–H groups in total. The summed E-state index contributed by atoms with van der Waals surface area (Å²) in [5.74, 6) is 0. The predicted octanol–water partition coefficient (Wildman–Crippen LogP) is -1.56. The van der Waals surface area contributed by atoms with Crippen molar-refractivity contribution in [2.45, 2.75) is 12.2 Å². The molecule has 1 aromatic carbocycles. The number of benzene rings is 1. The van der Waals surface area contributed by atoms with E-state index < -0.39 is 15.4 Å². The van der Waals surface area contributed by atoms with Crippen LogP contribution in [0.15, 0.2) is 28.8 Å². The predicted molar refractivity (Wildman–Crippen MR) is 52.1 cm³/mol. The van der Waals surface area contributed by atoms with Crippen molar-refractivity contribution in [3.63, 3.8) is 0 Å². The van der Waals surface area contributed by atoms with E-state index in [1.807, 2.05) is 0 Å². The van der Waals surface area contributed by atoms with Crippen molar-refractivity contribution in [3.05, 3.63) is 30.0 Å². The molecule has 0 fully saturated rings. The third kappa shape index (κ3) is 2.46. The van der Waals surface area contributed by atoms with E-state index in [4.69, 9.17) is 4.52 Å². The zero-order valence-corrected chi connectivity index (χ0v) is 11.7. The van der Waals surface area contributed by atoms with Gasteiger partial charge in [0.15, 0.2) is 5.58 Å². The normalized spacial score (nSPS) is 13.4. The molecule has 0 aliphatic rings. The van der Waals surface area contributed by atoms with E-state index in [1.165, 1.54) is 6.92 Å². The molecule has 1 aromatic heterocycles. The van der Waals surface area contributed by atoms with E-state index >= 15 is 0 Å². The van der Waals surface area contributed by atoms with E-state index in [1.54, 1.807) is 24.3 Å². The second-order valence-electron chi connectivity index (χ2n) is 3.20. The Labute approximate surface area is 115 Å². The van der Waals surface area contributed by atoms with Crippen LogP contribution in [0.1, 0.15) is 17.9 Å². The van der Waals surface area contributed by atoms with Crippen molar-refractivity contribution in [2.75, 3.05) is 0 Å². The molecule has 0 bridgehead atoms. The molecule has 7 heteroatoms. The molecule has 2 aromatic rings. The number of hydrogen-bond donors (Lipinski definition) is 0. The van der Waals surface area contributed by atoms with Gasteiger partial charge in [-0.1, -0.05) is 17.3 Å². The fourth-order valence-corrected chi connectivity index (χ4v) is 1.78. The molecule has 0 saturated heterocycles. The minimum atomic E-state index is -4.39. The Morgan fingerprint density at radius 2 is 2.00 bits per heavy atom. The number of nitrogens with zero attached hydrogens (tertiary/aromatic N) is 1. The molecule has 1 unspecified atom stereocenters. The fourth-order valence-electron chi connectivity index (χ4n) is 1.34. The summed E-state index contributed by atoms with van der Waals surface area (Å²) in [6.45, 7) is 1.30. The second kappa shape index (κ2) is 4.85. The van der Waals surface area contributed by atoms with Gasteiger partial charge in [-0.2, -0.15) is 0 Å². The van der Waals surface area contributed by atoms with Crippen LogP contribution in [-0.4, -0.2) is 18.1 Å². The minimum Gasteiger partial charge on any atom is -0.747 e. The van der Waals surface area contributed by atoms with Gasteiger partial charge < -0.3 is 9.08 Å². The number of aromatic nitrogens is 1. The average Bonchev–Trinajstić information content (AvgIpc) is 2.58. The summed E-state index contributed by atoms with van der Waals surface area (Å²) in [6, 6.07) is 6.81. The topological polar surface area (TPSA) is 83.2 Å². The number of hydrogen-bond acceptors (Lipinski definition) is 5. The van der Waals surface area contributed by atoms with Gasteiger partial charge in [0, 0.05) is 5.39 Å². The van der Waals surface area contributed by atoms with Gasteiger partial charge in [0.2, 0.25) is 0 Å². The summed E-state index contributed by atoms with van der Waals surface area (Å²) in [4.78, 5) is 0. The first-order chi connectivity index (χ1) is 7.00. The van der Waals surface area contributed by atoms with Crippen LogP contribution in [0, 0.1) is 0 Å². The molecule has 2 rings (SSSR count). The van der Waals surface area contributed by atoms with Crippen molar-refractivity contribution in [2.24, 2.45) is 0 Å². The molecule has 5 nitrogen and oxygen atoms in total. The van der Waals surface area contributed by atoms with Crippen LogP contribution < -0.4 is 29.6 Å². The van der Waals surface area contributed by atoms with Crippen molar-refractivity contribution in [3.8, 4) is 0 Å². The van der Waals surface area contributed by atoms with Crippen LogP contribution >= 0.6 is 0 Å². The number of rotatable bonds is 2. The smallest absolute Gasteiger partial charge is 0.747 e. The molecule has 1 heterocycles. The molecule has 0 aliphatic heterocycles. The van der Waals surface area contributed by atoms with Crippen molar-refractivity contribution in [1.82, 2.24) is 5.16 Å².